The van der Waals surface area contributed by atoms with Crippen molar-refractivity contribution in [2.24, 2.45) is 0 Å². The van der Waals surface area contributed by atoms with E-state index in [1.165, 1.54) is 0 Å². The van der Waals surface area contributed by atoms with Crippen molar-refractivity contribution >= 4 is 54.8 Å². The predicted octanol–water partition coefficient (Wildman–Crippen LogP) is 4.28. The second kappa shape index (κ2) is 7.46. The Balaban J connectivity index is 0.000000128. The lowest BCUT2D eigenvalue weighted by molar-refractivity contribution is 1.12. The summed E-state index contributed by atoms with van der Waals surface area (Å²) in [5.74, 6) is 0. The summed E-state index contributed by atoms with van der Waals surface area (Å²) in [7, 11) is 0. The smallest absolute Gasteiger partial charge is 0.198 e. The van der Waals surface area contributed by atoms with Gasteiger partial charge in [-0.15, -0.1) is 0 Å². The predicted molar refractivity (Wildman–Crippen MR) is 121 cm³/mol. The Kier molecular flexibility index (Phi) is 4.49. The first-order valence-electron chi connectivity index (χ1n) is 9.17. The maximum atomic E-state index is 12.1. The molecule has 0 fully saturated rings. The van der Waals surface area contributed by atoms with Gasteiger partial charge in [0.25, 0.3) is 0 Å². The fourth-order valence-corrected chi connectivity index (χ4v) is 4.13. The zero-order chi connectivity index (χ0) is 20.5. The second-order valence-electron chi connectivity index (χ2n) is 6.64. The summed E-state index contributed by atoms with van der Waals surface area (Å²) >= 11 is 1.55. The van der Waals surface area contributed by atoms with Crippen LogP contribution in [0.25, 0.3) is 43.5 Å². The minimum absolute atomic E-state index is 0.0353. The number of pyridine rings is 2. The van der Waals surface area contributed by atoms with Crippen molar-refractivity contribution in [3.05, 3.63) is 98.3 Å². The monoisotopic (exact) mass is 410 g/mol. The Hall–Kier alpha value is -3.97. The number of aromatic nitrogens is 4. The van der Waals surface area contributed by atoms with Crippen molar-refractivity contribution in [2.75, 3.05) is 0 Å². The van der Waals surface area contributed by atoms with E-state index in [9.17, 15) is 9.59 Å². The van der Waals surface area contributed by atoms with Gasteiger partial charge in [-0.2, -0.15) is 16.4 Å². The Morgan fingerprint density at radius 1 is 0.700 bits per heavy atom. The van der Waals surface area contributed by atoms with Crippen molar-refractivity contribution in [3.63, 3.8) is 0 Å². The molecule has 0 radical (unpaired) electrons. The second-order valence-corrected chi connectivity index (χ2v) is 7.38. The highest BCUT2D eigenvalue weighted by atomic mass is 32.1. The van der Waals surface area contributed by atoms with Gasteiger partial charge in [0.2, 0.25) is 0 Å². The summed E-state index contributed by atoms with van der Waals surface area (Å²) in [6.45, 7) is 0. The SMILES string of the molecule is O=c1c2cccnc2ccc2[nH]ncc12.O=c1c2cscc2ccc2ncccc12. The van der Waals surface area contributed by atoms with Gasteiger partial charge in [-0.05, 0) is 53.2 Å². The zero-order valence-corrected chi connectivity index (χ0v) is 16.4. The molecule has 0 aliphatic carbocycles. The van der Waals surface area contributed by atoms with Crippen LogP contribution in [0.5, 0.6) is 0 Å². The van der Waals surface area contributed by atoms with Crippen molar-refractivity contribution in [2.45, 2.75) is 0 Å². The van der Waals surface area contributed by atoms with Crippen LogP contribution in [0.3, 0.4) is 0 Å². The number of fused-ring (bicyclic) bond motifs is 4. The molecule has 6 aromatic rings. The van der Waals surface area contributed by atoms with Crippen LogP contribution in [0, 0.1) is 0 Å². The molecule has 0 saturated carbocycles. The van der Waals surface area contributed by atoms with Crippen LogP contribution in [0.2, 0.25) is 0 Å². The molecule has 30 heavy (non-hydrogen) atoms. The van der Waals surface area contributed by atoms with Crippen LogP contribution in [-0.4, -0.2) is 20.2 Å². The molecule has 0 saturated heterocycles. The number of nitrogens with one attached hydrogen (secondary N) is 1. The number of H-pyrrole nitrogens is 1. The van der Waals surface area contributed by atoms with Crippen LogP contribution in [0.15, 0.2) is 87.5 Å². The van der Waals surface area contributed by atoms with E-state index in [2.05, 4.69) is 20.2 Å². The van der Waals surface area contributed by atoms with Gasteiger partial charge in [0, 0.05) is 33.9 Å². The average molecular weight is 410 g/mol. The van der Waals surface area contributed by atoms with Crippen molar-refractivity contribution in [1.29, 1.82) is 0 Å². The van der Waals surface area contributed by atoms with E-state index < -0.39 is 0 Å². The van der Waals surface area contributed by atoms with E-state index >= 15 is 0 Å². The summed E-state index contributed by atoms with van der Waals surface area (Å²) in [4.78, 5) is 32.5. The zero-order valence-electron chi connectivity index (χ0n) is 15.6. The molecule has 7 heteroatoms. The van der Waals surface area contributed by atoms with Crippen LogP contribution >= 0.6 is 11.3 Å². The third kappa shape index (κ3) is 3.11. The normalized spacial score (nSPS) is 10.9. The Labute approximate surface area is 173 Å². The molecule has 0 spiro atoms. The molecule has 0 aliphatic heterocycles. The lowest BCUT2D eigenvalue weighted by Gasteiger charge is -1.87. The maximum absolute atomic E-state index is 12.1. The number of thiophene rings is 1. The van der Waals surface area contributed by atoms with Crippen LogP contribution < -0.4 is 10.9 Å². The van der Waals surface area contributed by atoms with Crippen molar-refractivity contribution < 1.29 is 0 Å². The van der Waals surface area contributed by atoms with E-state index in [1.54, 1.807) is 48.1 Å². The molecule has 0 aliphatic rings. The van der Waals surface area contributed by atoms with Gasteiger partial charge in [-0.1, -0.05) is 6.07 Å². The fraction of sp³-hybridized carbons (Fsp3) is 0. The van der Waals surface area contributed by atoms with E-state index in [-0.39, 0.29) is 10.9 Å². The first-order valence-corrected chi connectivity index (χ1v) is 10.1. The van der Waals surface area contributed by atoms with Gasteiger partial charge >= 0.3 is 0 Å². The highest BCUT2D eigenvalue weighted by Gasteiger charge is 2.03. The summed E-state index contributed by atoms with van der Waals surface area (Å²) < 4.78 is 0. The summed E-state index contributed by atoms with van der Waals surface area (Å²) in [5, 5.41) is 14.2. The van der Waals surface area contributed by atoms with Gasteiger partial charge in [-0.3, -0.25) is 24.7 Å². The lowest BCUT2D eigenvalue weighted by atomic mass is 10.2. The molecule has 0 bridgehead atoms. The highest BCUT2D eigenvalue weighted by molar-refractivity contribution is 7.09. The van der Waals surface area contributed by atoms with Crippen LogP contribution in [0.4, 0.5) is 0 Å². The fourth-order valence-electron chi connectivity index (χ4n) is 3.33. The molecule has 6 nitrogen and oxygen atoms in total. The summed E-state index contributed by atoms with van der Waals surface area (Å²) in [5.41, 5.74) is 2.22. The van der Waals surface area contributed by atoms with Gasteiger partial charge in [-0.25, -0.2) is 0 Å². The molecular formula is C23H14N4O2S. The third-order valence-corrected chi connectivity index (χ3v) is 5.61. The Morgan fingerprint density at radius 3 is 2.10 bits per heavy atom. The number of hydrogen-bond acceptors (Lipinski definition) is 6. The van der Waals surface area contributed by atoms with Gasteiger partial charge in [0.15, 0.2) is 10.9 Å². The molecule has 4 heterocycles. The van der Waals surface area contributed by atoms with E-state index in [0.29, 0.717) is 21.7 Å². The Morgan fingerprint density at radius 2 is 1.37 bits per heavy atom. The largest absolute Gasteiger partial charge is 0.288 e. The van der Waals surface area contributed by atoms with Gasteiger partial charge < -0.3 is 0 Å². The first-order chi connectivity index (χ1) is 14.7. The minimum atomic E-state index is -0.0353. The topological polar surface area (TPSA) is 88.6 Å². The summed E-state index contributed by atoms with van der Waals surface area (Å²) in [6.07, 6.45) is 4.92. The highest BCUT2D eigenvalue weighted by Crippen LogP contribution is 2.17. The van der Waals surface area contributed by atoms with E-state index in [4.69, 9.17) is 0 Å². The molecule has 4 aromatic heterocycles. The molecule has 0 atom stereocenters. The third-order valence-electron chi connectivity index (χ3n) is 4.84. The van der Waals surface area contributed by atoms with Gasteiger partial charge in [0.1, 0.15) is 0 Å². The molecule has 2 aromatic carbocycles. The number of rotatable bonds is 0. The quantitative estimate of drug-likeness (QED) is 0.404. The van der Waals surface area contributed by atoms with E-state index in [0.717, 1.165) is 21.8 Å². The average Bonchev–Trinajstić information content (AvgIpc) is 3.40. The van der Waals surface area contributed by atoms with Crippen LogP contribution in [0.1, 0.15) is 0 Å². The molecule has 1 N–H and O–H groups in total. The van der Waals surface area contributed by atoms with Crippen LogP contribution in [-0.2, 0) is 0 Å². The molecule has 0 unspecified atom stereocenters. The van der Waals surface area contributed by atoms with Crippen molar-refractivity contribution in [1.82, 2.24) is 20.2 Å². The molecule has 144 valence electrons. The molecule has 6 rings (SSSR count). The lowest BCUT2D eigenvalue weighted by Crippen LogP contribution is -1.97. The Bertz CT molecular complexity index is 1530. The number of aromatic amines is 1. The number of nitrogens with zero attached hydrogens (tertiary/aromatic N) is 3. The maximum Gasteiger partial charge on any atom is 0.198 e. The summed E-state index contributed by atoms with van der Waals surface area (Å²) in [6, 6.07) is 14.6. The van der Waals surface area contributed by atoms with Gasteiger partial charge in [0.05, 0.1) is 28.1 Å². The van der Waals surface area contributed by atoms with E-state index in [1.807, 2.05) is 41.1 Å². The molecular weight excluding hydrogens is 396 g/mol. The van der Waals surface area contributed by atoms with Crippen molar-refractivity contribution in [3.8, 4) is 0 Å². The molecule has 0 amide bonds. The minimum Gasteiger partial charge on any atom is -0.288 e. The standard InChI is InChI=1S/C12H7NOS.C11H7N3O/c14-12-9-2-1-5-13-11(9)4-3-8-6-15-7-10(8)12;15-11-7-2-1-5-12-9(7)3-4-10-8(11)6-13-14-10/h1-7H;1-6H,(H,13,14). The number of hydrogen-bond donors (Lipinski definition) is 1. The first kappa shape index (κ1) is 18.1.